The smallest absolute Gasteiger partial charge is 0.272 e. The molecule has 2 aliphatic rings. The van der Waals surface area contributed by atoms with E-state index in [0.717, 1.165) is 36.0 Å². The van der Waals surface area contributed by atoms with Crippen molar-refractivity contribution in [2.45, 2.75) is 19.0 Å². The zero-order chi connectivity index (χ0) is 16.3. The predicted molar refractivity (Wildman–Crippen MR) is 90.7 cm³/mol. The van der Waals surface area contributed by atoms with Crippen LogP contribution in [0, 0.1) is 0 Å². The molecule has 0 spiro atoms. The molecular formula is C19H15N3O2. The Morgan fingerprint density at radius 3 is 2.67 bits per heavy atom. The van der Waals surface area contributed by atoms with Crippen LogP contribution in [-0.4, -0.2) is 26.9 Å². The second-order valence-electron chi connectivity index (χ2n) is 6.35. The number of pyridine rings is 2. The summed E-state index contributed by atoms with van der Waals surface area (Å²) in [7, 11) is 0. The first-order valence-corrected chi connectivity index (χ1v) is 8.15. The molecule has 2 aromatic heterocycles. The number of benzene rings is 1. The summed E-state index contributed by atoms with van der Waals surface area (Å²) in [5.74, 6) is -0.0188. The summed E-state index contributed by atoms with van der Waals surface area (Å²) in [6.45, 7) is 0.774. The number of carbonyl (C=O) groups excluding carboxylic acids is 1. The van der Waals surface area contributed by atoms with Crippen LogP contribution in [0.1, 0.15) is 29.5 Å². The van der Waals surface area contributed by atoms with Gasteiger partial charge in [0, 0.05) is 30.4 Å². The van der Waals surface area contributed by atoms with Crippen molar-refractivity contribution < 1.29 is 4.79 Å². The summed E-state index contributed by atoms with van der Waals surface area (Å²) < 4.78 is 2.04. The molecule has 1 saturated heterocycles. The standard InChI is InChI=1S/C19H15N3O2/c23-17-11-16-19(24)21-9-1-2-18(21)22(16)15-4-3-13(10-14(15)17)12-5-7-20-8-6-12/h3-8,10-11,18H,1-2,9H2. The van der Waals surface area contributed by atoms with E-state index in [0.29, 0.717) is 11.1 Å². The van der Waals surface area contributed by atoms with E-state index in [-0.39, 0.29) is 17.5 Å². The van der Waals surface area contributed by atoms with Crippen molar-refractivity contribution in [3.05, 3.63) is 64.7 Å². The fourth-order valence-corrected chi connectivity index (χ4v) is 3.96. The van der Waals surface area contributed by atoms with Gasteiger partial charge in [-0.05, 0) is 48.2 Å². The fraction of sp³-hybridized carbons (Fsp3) is 0.211. The van der Waals surface area contributed by atoms with E-state index in [1.54, 1.807) is 12.4 Å². The minimum Gasteiger partial charge on any atom is -0.317 e. The Morgan fingerprint density at radius 2 is 1.83 bits per heavy atom. The van der Waals surface area contributed by atoms with Crippen molar-refractivity contribution in [1.82, 2.24) is 14.5 Å². The highest BCUT2D eigenvalue weighted by Gasteiger charge is 2.40. The SMILES string of the molecule is O=C1c2cc(=O)c3cc(-c4ccncc4)ccc3n2C2CCCN12. The molecule has 0 radical (unpaired) electrons. The van der Waals surface area contributed by atoms with Gasteiger partial charge in [-0.1, -0.05) is 6.07 Å². The van der Waals surface area contributed by atoms with Gasteiger partial charge < -0.3 is 9.47 Å². The Hall–Kier alpha value is -2.95. The predicted octanol–water partition coefficient (Wildman–Crippen LogP) is 2.81. The van der Waals surface area contributed by atoms with Crippen LogP contribution in [0.5, 0.6) is 0 Å². The van der Waals surface area contributed by atoms with E-state index in [1.807, 2.05) is 39.8 Å². The van der Waals surface area contributed by atoms with Crippen molar-refractivity contribution in [2.75, 3.05) is 6.54 Å². The Labute approximate surface area is 138 Å². The van der Waals surface area contributed by atoms with Crippen molar-refractivity contribution in [2.24, 2.45) is 0 Å². The van der Waals surface area contributed by atoms with Crippen molar-refractivity contribution in [3.63, 3.8) is 0 Å². The summed E-state index contributed by atoms with van der Waals surface area (Å²) in [6, 6.07) is 11.2. The summed E-state index contributed by atoms with van der Waals surface area (Å²) in [4.78, 5) is 31.0. The fourth-order valence-electron chi connectivity index (χ4n) is 3.96. The number of carbonyl (C=O) groups is 1. The van der Waals surface area contributed by atoms with E-state index < -0.39 is 0 Å². The molecule has 0 saturated carbocycles. The average Bonchev–Trinajstić information content (AvgIpc) is 3.19. The maximum atomic E-state index is 12.6. The molecular weight excluding hydrogens is 302 g/mol. The Balaban J connectivity index is 1.78. The number of hydrogen-bond acceptors (Lipinski definition) is 3. The van der Waals surface area contributed by atoms with E-state index >= 15 is 0 Å². The number of nitrogens with zero attached hydrogens (tertiary/aromatic N) is 3. The van der Waals surface area contributed by atoms with Crippen LogP contribution in [0.25, 0.3) is 22.0 Å². The first-order valence-electron chi connectivity index (χ1n) is 8.15. The average molecular weight is 317 g/mol. The molecule has 0 aliphatic carbocycles. The van der Waals surface area contributed by atoms with Crippen LogP contribution in [0.4, 0.5) is 0 Å². The molecule has 5 nitrogen and oxygen atoms in total. The molecule has 4 heterocycles. The van der Waals surface area contributed by atoms with Gasteiger partial charge in [0.25, 0.3) is 5.91 Å². The van der Waals surface area contributed by atoms with E-state index in [4.69, 9.17) is 0 Å². The molecule has 1 fully saturated rings. The molecule has 2 aliphatic heterocycles. The van der Waals surface area contributed by atoms with Crippen molar-refractivity contribution >= 4 is 16.8 Å². The third kappa shape index (κ3) is 1.72. The van der Waals surface area contributed by atoms with Gasteiger partial charge in [0.05, 0.1) is 5.52 Å². The summed E-state index contributed by atoms with van der Waals surface area (Å²) >= 11 is 0. The molecule has 1 aromatic carbocycles. The van der Waals surface area contributed by atoms with Crippen molar-refractivity contribution in [1.29, 1.82) is 0 Å². The minimum atomic E-state index is -0.0957. The number of hydrogen-bond donors (Lipinski definition) is 0. The van der Waals surface area contributed by atoms with Crippen LogP contribution >= 0.6 is 0 Å². The second-order valence-corrected chi connectivity index (χ2v) is 6.35. The largest absolute Gasteiger partial charge is 0.317 e. The van der Waals surface area contributed by atoms with Gasteiger partial charge in [0.1, 0.15) is 11.9 Å². The maximum Gasteiger partial charge on any atom is 0.272 e. The lowest BCUT2D eigenvalue weighted by Crippen LogP contribution is -2.23. The number of fused-ring (bicyclic) bond motifs is 5. The highest BCUT2D eigenvalue weighted by molar-refractivity contribution is 5.98. The first-order chi connectivity index (χ1) is 11.7. The number of rotatable bonds is 1. The highest BCUT2D eigenvalue weighted by Crippen LogP contribution is 2.37. The Morgan fingerprint density at radius 1 is 1.00 bits per heavy atom. The molecule has 1 unspecified atom stereocenters. The van der Waals surface area contributed by atoms with E-state index in [9.17, 15) is 9.59 Å². The quantitative estimate of drug-likeness (QED) is 0.693. The zero-order valence-electron chi connectivity index (χ0n) is 13.0. The molecule has 1 atom stereocenters. The van der Waals surface area contributed by atoms with E-state index in [1.165, 1.54) is 6.07 Å². The van der Waals surface area contributed by atoms with Gasteiger partial charge in [0.2, 0.25) is 0 Å². The normalized spacial score (nSPS) is 18.9. The van der Waals surface area contributed by atoms with Gasteiger partial charge in [-0.3, -0.25) is 14.6 Å². The Bertz CT molecular complexity index is 1040. The van der Waals surface area contributed by atoms with Gasteiger partial charge in [-0.25, -0.2) is 0 Å². The van der Waals surface area contributed by atoms with Crippen LogP contribution in [0.2, 0.25) is 0 Å². The topological polar surface area (TPSA) is 55.2 Å². The molecule has 0 bridgehead atoms. The van der Waals surface area contributed by atoms with Gasteiger partial charge in [-0.2, -0.15) is 0 Å². The lowest BCUT2D eigenvalue weighted by Gasteiger charge is -2.18. The number of aromatic nitrogens is 2. The molecule has 5 rings (SSSR count). The van der Waals surface area contributed by atoms with Crippen LogP contribution < -0.4 is 5.43 Å². The minimum absolute atomic E-state index is 0.0188. The van der Waals surface area contributed by atoms with Crippen LogP contribution in [-0.2, 0) is 0 Å². The lowest BCUT2D eigenvalue weighted by atomic mass is 10.0. The highest BCUT2D eigenvalue weighted by atomic mass is 16.2. The third-order valence-electron chi connectivity index (χ3n) is 5.06. The van der Waals surface area contributed by atoms with Crippen LogP contribution in [0.3, 0.4) is 0 Å². The molecule has 118 valence electrons. The maximum absolute atomic E-state index is 12.6. The van der Waals surface area contributed by atoms with E-state index in [2.05, 4.69) is 4.98 Å². The van der Waals surface area contributed by atoms with Crippen LogP contribution in [0.15, 0.2) is 53.6 Å². The molecule has 0 N–H and O–H groups in total. The second kappa shape index (κ2) is 4.77. The monoisotopic (exact) mass is 317 g/mol. The molecule has 1 amide bonds. The molecule has 24 heavy (non-hydrogen) atoms. The van der Waals surface area contributed by atoms with Crippen molar-refractivity contribution in [3.8, 4) is 11.1 Å². The zero-order valence-corrected chi connectivity index (χ0v) is 13.0. The molecule has 5 heteroatoms. The summed E-state index contributed by atoms with van der Waals surface area (Å²) in [5.41, 5.74) is 3.28. The number of amides is 1. The molecule has 3 aromatic rings. The lowest BCUT2D eigenvalue weighted by molar-refractivity contribution is 0.0763. The first kappa shape index (κ1) is 13.5. The summed E-state index contributed by atoms with van der Waals surface area (Å²) in [6.07, 6.45) is 5.50. The Kier molecular flexibility index (Phi) is 2.68. The summed E-state index contributed by atoms with van der Waals surface area (Å²) in [5, 5.41) is 0.662. The third-order valence-corrected chi connectivity index (χ3v) is 5.06. The van der Waals surface area contributed by atoms with Gasteiger partial charge in [-0.15, -0.1) is 0 Å². The van der Waals surface area contributed by atoms with Gasteiger partial charge >= 0.3 is 0 Å². The van der Waals surface area contributed by atoms with Gasteiger partial charge in [0.15, 0.2) is 5.43 Å².